The maximum Gasteiger partial charge on any atom is 0.0416 e. The minimum atomic E-state index is -2.22. The highest BCUT2D eigenvalue weighted by Crippen LogP contribution is 2.05. The quantitative estimate of drug-likeness (QED) is 0.722. The second-order valence-corrected chi connectivity index (χ2v) is 5.04. The van der Waals surface area contributed by atoms with Gasteiger partial charge in [0.25, 0.3) is 0 Å². The van der Waals surface area contributed by atoms with Gasteiger partial charge in [0, 0.05) is 34.8 Å². The summed E-state index contributed by atoms with van der Waals surface area (Å²) in [5.74, 6) is 1.07. The fourth-order valence-electron chi connectivity index (χ4n) is 0.916. The molecule has 0 radical (unpaired) electrons. The van der Waals surface area contributed by atoms with Crippen molar-refractivity contribution in [3.05, 3.63) is 0 Å². The van der Waals surface area contributed by atoms with Gasteiger partial charge in [0.15, 0.2) is 0 Å². The van der Waals surface area contributed by atoms with Crippen molar-refractivity contribution in [2.24, 2.45) is 5.92 Å². The molecule has 0 amide bonds. The highest BCUT2D eigenvalue weighted by atomic mass is 35.5. The summed E-state index contributed by atoms with van der Waals surface area (Å²) < 4.78 is 17.9. The van der Waals surface area contributed by atoms with Crippen LogP contribution in [0.4, 0.5) is 0 Å². The molecule has 0 spiro atoms. The molecule has 1 saturated heterocycles. The molecule has 1 aliphatic rings. The van der Waals surface area contributed by atoms with Crippen molar-refractivity contribution < 1.29 is 4.21 Å². The molecule has 0 aromatic rings. The first-order chi connectivity index (χ1) is 4.08. The van der Waals surface area contributed by atoms with Crippen molar-refractivity contribution in [2.45, 2.75) is 0 Å². The predicted octanol–water partition coefficient (Wildman–Crippen LogP) is 0.726. The summed E-state index contributed by atoms with van der Waals surface area (Å²) in [6.07, 6.45) is 1.51. The van der Waals surface area contributed by atoms with Gasteiger partial charge in [-0.1, -0.05) is 0 Å². The van der Waals surface area contributed by atoms with Gasteiger partial charge < -0.3 is 5.32 Å². The van der Waals surface area contributed by atoms with E-state index in [0.717, 1.165) is 13.1 Å². The van der Waals surface area contributed by atoms with Crippen LogP contribution in [0.25, 0.3) is 0 Å². The van der Waals surface area contributed by atoms with Crippen LogP contribution >= 0.6 is 24.8 Å². The Morgan fingerprint density at radius 3 is 2.09 bits per heavy atom. The first-order valence-electron chi connectivity index (χ1n) is 3.00. The van der Waals surface area contributed by atoms with Crippen molar-refractivity contribution in [3.63, 3.8) is 0 Å². The minimum Gasteiger partial charge on any atom is -0.316 e. The molecule has 2 N–H and O–H groups in total. The van der Waals surface area contributed by atoms with Crippen LogP contribution in [0.5, 0.6) is 0 Å². The average molecular weight is 221 g/mol. The zero-order valence-electron chi connectivity index (χ0n) is 6.33. The van der Waals surface area contributed by atoms with E-state index in [-0.39, 0.29) is 24.8 Å². The molecule has 0 aromatic heterocycles. The number of hydrogen-bond acceptors (Lipinski definition) is 3. The first-order valence-corrected chi connectivity index (χ1v) is 5.13. The lowest BCUT2D eigenvalue weighted by molar-refractivity contribution is 0.382. The molecule has 1 rings (SSSR count). The fourth-order valence-corrected chi connectivity index (χ4v) is 2.05. The minimum absolute atomic E-state index is 0. The Kier molecular flexibility index (Phi) is 6.63. The number of rotatable bonds is 2. The fraction of sp³-hybridized carbons (Fsp3) is 1.00. The lowest BCUT2D eigenvalue weighted by Gasteiger charge is -2.26. The number of hydrogen-bond donors (Lipinski definition) is 2. The largest absolute Gasteiger partial charge is 0.316 e. The molecule has 0 aliphatic carbocycles. The van der Waals surface area contributed by atoms with Crippen LogP contribution in [0.3, 0.4) is 0 Å². The molecule has 1 fully saturated rings. The van der Waals surface area contributed by atoms with E-state index in [9.17, 15) is 4.21 Å². The van der Waals surface area contributed by atoms with Gasteiger partial charge in [-0.3, -0.25) is 8.99 Å². The molecular formula is C5H14Cl2N2OS. The van der Waals surface area contributed by atoms with Gasteiger partial charge in [-0.2, -0.15) is 0 Å². The Morgan fingerprint density at radius 2 is 2.00 bits per heavy atom. The Morgan fingerprint density at radius 1 is 1.55 bits per heavy atom. The Balaban J connectivity index is 0. The van der Waals surface area contributed by atoms with E-state index in [2.05, 4.69) is 5.32 Å². The van der Waals surface area contributed by atoms with Crippen molar-refractivity contribution in [1.82, 2.24) is 5.32 Å². The second-order valence-electron chi connectivity index (χ2n) is 2.70. The van der Waals surface area contributed by atoms with Gasteiger partial charge in [-0.15, -0.1) is 24.8 Å². The third-order valence-corrected chi connectivity index (χ3v) is 2.53. The third-order valence-electron chi connectivity index (χ3n) is 1.42. The van der Waals surface area contributed by atoms with Gasteiger partial charge in [0.05, 0.1) is 0 Å². The topological polar surface area (TPSA) is 53.0 Å². The van der Waals surface area contributed by atoms with Crippen LogP contribution in [0, 0.1) is 10.7 Å². The molecule has 6 heteroatoms. The molecule has 0 aromatic carbocycles. The summed E-state index contributed by atoms with van der Waals surface area (Å²) in [5, 5.41) is 3.07. The third kappa shape index (κ3) is 5.73. The van der Waals surface area contributed by atoms with Gasteiger partial charge in [0.1, 0.15) is 0 Å². The van der Waals surface area contributed by atoms with E-state index in [4.69, 9.17) is 4.78 Å². The zero-order chi connectivity index (χ0) is 6.91. The van der Waals surface area contributed by atoms with Crippen molar-refractivity contribution in [1.29, 1.82) is 4.78 Å². The second kappa shape index (κ2) is 5.19. The Hall–Kier alpha value is 0.490. The summed E-state index contributed by atoms with van der Waals surface area (Å²) in [6, 6.07) is 0. The van der Waals surface area contributed by atoms with Gasteiger partial charge >= 0.3 is 0 Å². The van der Waals surface area contributed by atoms with E-state index in [1.165, 1.54) is 6.26 Å². The molecule has 1 atom stereocenters. The molecule has 1 aliphatic heterocycles. The van der Waals surface area contributed by atoms with Crippen LogP contribution in [-0.4, -0.2) is 29.3 Å². The number of halogens is 2. The molecule has 1 heterocycles. The number of nitrogens with one attached hydrogen (secondary N) is 2. The first kappa shape index (κ1) is 14.0. The molecule has 0 saturated carbocycles. The van der Waals surface area contributed by atoms with Crippen LogP contribution in [0.15, 0.2) is 0 Å². The molecule has 0 bridgehead atoms. The summed E-state index contributed by atoms with van der Waals surface area (Å²) in [4.78, 5) is 0. The smallest absolute Gasteiger partial charge is 0.0416 e. The van der Waals surface area contributed by atoms with E-state index < -0.39 is 9.73 Å². The average Bonchev–Trinajstić information content (AvgIpc) is 1.53. The Labute approximate surface area is 80.1 Å². The van der Waals surface area contributed by atoms with Gasteiger partial charge in [-0.25, -0.2) is 0 Å². The van der Waals surface area contributed by atoms with E-state index in [0.29, 0.717) is 11.7 Å². The maximum atomic E-state index is 10.8. The van der Waals surface area contributed by atoms with Crippen molar-refractivity contribution >= 4 is 34.5 Å². The predicted molar refractivity (Wildman–Crippen MR) is 52.5 cm³/mol. The summed E-state index contributed by atoms with van der Waals surface area (Å²) >= 11 is 0. The SMILES string of the molecule is CS(=N)(=O)CC1CNC1.Cl.Cl. The monoisotopic (exact) mass is 220 g/mol. The van der Waals surface area contributed by atoms with E-state index >= 15 is 0 Å². The summed E-state index contributed by atoms with van der Waals surface area (Å²) in [5.41, 5.74) is 0. The van der Waals surface area contributed by atoms with Crippen LogP contribution in [0.1, 0.15) is 0 Å². The highest BCUT2D eigenvalue weighted by Gasteiger charge is 2.19. The molecular weight excluding hydrogens is 207 g/mol. The maximum absolute atomic E-state index is 10.8. The zero-order valence-corrected chi connectivity index (χ0v) is 8.78. The highest BCUT2D eigenvalue weighted by molar-refractivity contribution is 7.91. The van der Waals surface area contributed by atoms with Crippen molar-refractivity contribution in [2.75, 3.05) is 25.1 Å². The van der Waals surface area contributed by atoms with Crippen molar-refractivity contribution in [3.8, 4) is 0 Å². The van der Waals surface area contributed by atoms with E-state index in [1.54, 1.807) is 0 Å². The molecule has 1 unspecified atom stereocenters. The lowest BCUT2D eigenvalue weighted by atomic mass is 10.1. The van der Waals surface area contributed by atoms with Crippen LogP contribution in [-0.2, 0) is 9.73 Å². The van der Waals surface area contributed by atoms with Gasteiger partial charge in [-0.05, 0) is 5.92 Å². The molecule has 11 heavy (non-hydrogen) atoms. The van der Waals surface area contributed by atoms with Crippen LogP contribution in [0.2, 0.25) is 0 Å². The van der Waals surface area contributed by atoms with Crippen LogP contribution < -0.4 is 5.32 Å². The molecule has 3 nitrogen and oxygen atoms in total. The molecule has 70 valence electrons. The summed E-state index contributed by atoms with van der Waals surface area (Å²) in [7, 11) is -2.22. The normalized spacial score (nSPS) is 21.9. The standard InChI is InChI=1S/C5H12N2OS.2ClH/c1-9(6,8)4-5-2-7-3-5;;/h5-7H,2-4H2,1H3;2*1H. The Bertz CT molecular complexity index is 189. The van der Waals surface area contributed by atoms with Gasteiger partial charge in [0.2, 0.25) is 0 Å². The lowest BCUT2D eigenvalue weighted by Crippen LogP contribution is -2.45. The van der Waals surface area contributed by atoms with E-state index in [1.807, 2.05) is 0 Å². The summed E-state index contributed by atoms with van der Waals surface area (Å²) in [6.45, 7) is 1.90.